The maximum Gasteiger partial charge on any atom is 0.254 e. The van der Waals surface area contributed by atoms with Crippen LogP contribution in [0, 0.1) is 5.82 Å². The van der Waals surface area contributed by atoms with Gasteiger partial charge in [0.1, 0.15) is 15.7 Å². The van der Waals surface area contributed by atoms with Gasteiger partial charge in [0.25, 0.3) is 5.91 Å². The van der Waals surface area contributed by atoms with Crippen LogP contribution in [-0.4, -0.2) is 49.6 Å². The van der Waals surface area contributed by atoms with Crippen LogP contribution in [-0.2, 0) is 9.84 Å². The lowest BCUT2D eigenvalue weighted by Crippen LogP contribution is -2.42. The number of amides is 1. The van der Waals surface area contributed by atoms with E-state index in [0.29, 0.717) is 31.5 Å². The summed E-state index contributed by atoms with van der Waals surface area (Å²) < 4.78 is 36.5. The van der Waals surface area contributed by atoms with Gasteiger partial charge in [0.05, 0.1) is 10.8 Å². The fourth-order valence-electron chi connectivity index (χ4n) is 3.28. The van der Waals surface area contributed by atoms with E-state index in [2.05, 4.69) is 0 Å². The Morgan fingerprint density at radius 2 is 1.52 bits per heavy atom. The number of nitrogens with zero attached hydrogens (tertiary/aromatic N) is 1. The molecule has 2 aromatic carbocycles. The minimum absolute atomic E-state index is 0.249. The number of carbonyl (C=O) groups is 2. The molecule has 2 aromatic rings. The number of likely N-dealkylation sites (tertiary alicyclic amines) is 1. The van der Waals surface area contributed by atoms with Gasteiger partial charge in [-0.15, -0.1) is 0 Å². The van der Waals surface area contributed by atoms with Crippen molar-refractivity contribution in [3.05, 3.63) is 71.0 Å². The molecule has 1 heterocycles. The zero-order valence-electron chi connectivity index (χ0n) is 14.9. The van der Waals surface area contributed by atoms with Gasteiger partial charge < -0.3 is 4.90 Å². The molecule has 0 saturated carbocycles. The summed E-state index contributed by atoms with van der Waals surface area (Å²) in [6.07, 6.45) is 1.99. The third kappa shape index (κ3) is 4.24. The molecular weight excluding hydrogens is 369 g/mol. The van der Waals surface area contributed by atoms with Gasteiger partial charge in [0, 0.05) is 30.5 Å². The van der Waals surface area contributed by atoms with Crippen molar-refractivity contribution in [2.24, 2.45) is 0 Å². The highest BCUT2D eigenvalue weighted by Gasteiger charge is 2.30. The highest BCUT2D eigenvalue weighted by Crippen LogP contribution is 2.22. The van der Waals surface area contributed by atoms with Gasteiger partial charge in [0.15, 0.2) is 5.78 Å². The standard InChI is InChI=1S/C20H20FNO4S/c1-27(25,26)16-10-12-22(13-11-16)20(24)18-5-3-2-4-17(18)19(23)14-6-8-15(21)9-7-14/h2-9,16H,10-13H2,1H3. The number of rotatable bonds is 4. The molecule has 0 spiro atoms. The Hall–Kier alpha value is -2.54. The molecule has 7 heteroatoms. The second-order valence-corrected chi connectivity index (χ2v) is 9.03. The van der Waals surface area contributed by atoms with Gasteiger partial charge in [-0.1, -0.05) is 18.2 Å². The average molecular weight is 389 g/mol. The van der Waals surface area contributed by atoms with Gasteiger partial charge in [0.2, 0.25) is 0 Å². The van der Waals surface area contributed by atoms with E-state index >= 15 is 0 Å². The largest absolute Gasteiger partial charge is 0.339 e. The van der Waals surface area contributed by atoms with E-state index in [1.807, 2.05) is 0 Å². The summed E-state index contributed by atoms with van der Waals surface area (Å²) in [4.78, 5) is 27.3. The van der Waals surface area contributed by atoms with Crippen LogP contribution in [0.4, 0.5) is 4.39 Å². The van der Waals surface area contributed by atoms with Crippen LogP contribution in [0.5, 0.6) is 0 Å². The van der Waals surface area contributed by atoms with Crippen LogP contribution < -0.4 is 0 Å². The summed E-state index contributed by atoms with van der Waals surface area (Å²) in [6, 6.07) is 11.7. The van der Waals surface area contributed by atoms with Gasteiger partial charge in [-0.05, 0) is 43.2 Å². The minimum atomic E-state index is -3.12. The van der Waals surface area contributed by atoms with Crippen molar-refractivity contribution < 1.29 is 22.4 Å². The average Bonchev–Trinajstić information content (AvgIpc) is 2.67. The molecule has 142 valence electrons. The first-order valence-corrected chi connectivity index (χ1v) is 10.6. The fraction of sp³-hybridized carbons (Fsp3) is 0.300. The van der Waals surface area contributed by atoms with Crippen molar-refractivity contribution in [1.82, 2.24) is 4.90 Å². The third-order valence-corrected chi connectivity index (χ3v) is 6.53. The van der Waals surface area contributed by atoms with Gasteiger partial charge in [-0.3, -0.25) is 9.59 Å². The number of hydrogen-bond acceptors (Lipinski definition) is 4. The number of sulfone groups is 1. The normalized spacial score (nSPS) is 15.6. The molecule has 0 aliphatic carbocycles. The lowest BCUT2D eigenvalue weighted by Gasteiger charge is -2.31. The first kappa shape index (κ1) is 19.2. The number of halogens is 1. The lowest BCUT2D eigenvalue weighted by atomic mass is 9.97. The minimum Gasteiger partial charge on any atom is -0.339 e. The van der Waals surface area contributed by atoms with E-state index in [0.717, 1.165) is 0 Å². The predicted molar refractivity (Wildman–Crippen MR) is 100 cm³/mol. The molecule has 0 atom stereocenters. The quantitative estimate of drug-likeness (QED) is 0.754. The van der Waals surface area contributed by atoms with Gasteiger partial charge in [-0.2, -0.15) is 0 Å². The molecule has 0 aromatic heterocycles. The van der Waals surface area contributed by atoms with Crippen LogP contribution >= 0.6 is 0 Å². The summed E-state index contributed by atoms with van der Waals surface area (Å²) in [6.45, 7) is 0.658. The molecule has 1 saturated heterocycles. The first-order valence-electron chi connectivity index (χ1n) is 8.65. The second-order valence-electron chi connectivity index (χ2n) is 6.70. The fourth-order valence-corrected chi connectivity index (χ4v) is 4.35. The molecule has 0 radical (unpaired) electrons. The van der Waals surface area contributed by atoms with E-state index in [4.69, 9.17) is 0 Å². The van der Waals surface area contributed by atoms with Crippen LogP contribution in [0.2, 0.25) is 0 Å². The Labute approximate surface area is 157 Å². The molecule has 1 amide bonds. The SMILES string of the molecule is CS(=O)(=O)C1CCN(C(=O)c2ccccc2C(=O)c2ccc(F)cc2)CC1. The molecule has 0 bridgehead atoms. The zero-order valence-corrected chi connectivity index (χ0v) is 15.7. The van der Waals surface area contributed by atoms with E-state index in [1.54, 1.807) is 29.2 Å². The zero-order chi connectivity index (χ0) is 19.6. The van der Waals surface area contributed by atoms with Crippen LogP contribution in [0.1, 0.15) is 39.1 Å². The molecule has 1 aliphatic heterocycles. The van der Waals surface area contributed by atoms with E-state index in [-0.39, 0.29) is 22.8 Å². The van der Waals surface area contributed by atoms with Crippen LogP contribution in [0.25, 0.3) is 0 Å². The molecule has 1 fully saturated rings. The molecule has 27 heavy (non-hydrogen) atoms. The Morgan fingerprint density at radius 1 is 0.963 bits per heavy atom. The number of carbonyl (C=O) groups excluding carboxylic acids is 2. The maximum atomic E-state index is 13.1. The van der Waals surface area contributed by atoms with Crippen LogP contribution in [0.15, 0.2) is 48.5 Å². The Kier molecular flexibility index (Phi) is 5.41. The smallest absolute Gasteiger partial charge is 0.254 e. The van der Waals surface area contributed by atoms with Crippen LogP contribution in [0.3, 0.4) is 0 Å². The van der Waals surface area contributed by atoms with Gasteiger partial charge >= 0.3 is 0 Å². The molecule has 3 rings (SSSR count). The van der Waals surface area contributed by atoms with E-state index in [1.165, 1.54) is 30.5 Å². The first-order chi connectivity index (χ1) is 12.8. The molecule has 5 nitrogen and oxygen atoms in total. The van der Waals surface area contributed by atoms with E-state index < -0.39 is 20.9 Å². The van der Waals surface area contributed by atoms with Crippen molar-refractivity contribution in [3.8, 4) is 0 Å². The number of hydrogen-bond donors (Lipinski definition) is 0. The van der Waals surface area contributed by atoms with Crippen molar-refractivity contribution in [2.75, 3.05) is 19.3 Å². The Balaban J connectivity index is 1.83. The van der Waals surface area contributed by atoms with Crippen molar-refractivity contribution in [3.63, 3.8) is 0 Å². The highest BCUT2D eigenvalue weighted by atomic mass is 32.2. The summed E-state index contributed by atoms with van der Waals surface area (Å²) in [5, 5.41) is -0.433. The van der Waals surface area contributed by atoms with Gasteiger partial charge in [-0.25, -0.2) is 12.8 Å². The van der Waals surface area contributed by atoms with Crippen molar-refractivity contribution >= 4 is 21.5 Å². The maximum absolute atomic E-state index is 13.1. The monoisotopic (exact) mass is 389 g/mol. The molecule has 1 aliphatic rings. The Bertz CT molecular complexity index is 962. The Morgan fingerprint density at radius 3 is 2.07 bits per heavy atom. The topological polar surface area (TPSA) is 71.5 Å². The number of ketones is 1. The third-order valence-electron chi connectivity index (χ3n) is 4.84. The van der Waals surface area contributed by atoms with Crippen molar-refractivity contribution in [1.29, 1.82) is 0 Å². The number of piperidine rings is 1. The van der Waals surface area contributed by atoms with Crippen molar-refractivity contribution in [2.45, 2.75) is 18.1 Å². The summed E-state index contributed by atoms with van der Waals surface area (Å²) >= 11 is 0. The summed E-state index contributed by atoms with van der Waals surface area (Å²) in [7, 11) is -3.12. The van der Waals surface area contributed by atoms with E-state index in [9.17, 15) is 22.4 Å². The second kappa shape index (κ2) is 7.60. The molecular formula is C20H20FNO4S. The lowest BCUT2D eigenvalue weighted by molar-refractivity contribution is 0.0722. The predicted octanol–water partition coefficient (Wildman–Crippen LogP) is 2.71. The molecule has 0 N–H and O–H groups in total. The molecule has 0 unspecified atom stereocenters. The highest BCUT2D eigenvalue weighted by molar-refractivity contribution is 7.91. The summed E-state index contributed by atoms with van der Waals surface area (Å²) in [5.41, 5.74) is 0.816. The number of benzene rings is 2. The summed E-state index contributed by atoms with van der Waals surface area (Å²) in [5.74, 6) is -1.09.